The highest BCUT2D eigenvalue weighted by atomic mass is 32.1. The monoisotopic (exact) mass is 228 g/mol. The van der Waals surface area contributed by atoms with Gasteiger partial charge in [-0.2, -0.15) is 0 Å². The number of hydrogen-bond acceptors (Lipinski definition) is 7. The van der Waals surface area contributed by atoms with E-state index in [4.69, 9.17) is 11.5 Å². The summed E-state index contributed by atoms with van der Waals surface area (Å²) in [6, 6.07) is 0. The lowest BCUT2D eigenvalue weighted by molar-refractivity contribution is -0.140. The Morgan fingerprint density at radius 2 is 2.27 bits per heavy atom. The van der Waals surface area contributed by atoms with E-state index in [0.29, 0.717) is 0 Å². The summed E-state index contributed by atoms with van der Waals surface area (Å²) in [5, 5.41) is 5.04. The summed E-state index contributed by atoms with van der Waals surface area (Å²) in [5.41, 5.74) is 10.3. The van der Waals surface area contributed by atoms with E-state index in [1.165, 1.54) is 5.38 Å². The zero-order valence-electron chi connectivity index (χ0n) is 7.76. The molecule has 4 N–H and O–H groups in total. The highest BCUT2D eigenvalue weighted by molar-refractivity contribution is 7.13. The van der Waals surface area contributed by atoms with Crippen molar-refractivity contribution >= 4 is 34.1 Å². The van der Waals surface area contributed by atoms with Crippen molar-refractivity contribution in [2.24, 2.45) is 10.9 Å². The quantitative estimate of drug-likeness (QED) is 0.409. The molecule has 15 heavy (non-hydrogen) atoms. The van der Waals surface area contributed by atoms with E-state index >= 15 is 0 Å². The normalized spacial score (nSPS) is 11.1. The van der Waals surface area contributed by atoms with Crippen LogP contribution in [0.25, 0.3) is 0 Å². The number of oxime groups is 1. The minimum atomic E-state index is -0.846. The van der Waals surface area contributed by atoms with E-state index in [1.807, 2.05) is 0 Å². The molecule has 0 aromatic carbocycles. The van der Waals surface area contributed by atoms with Crippen LogP contribution >= 0.6 is 11.3 Å². The zero-order valence-corrected chi connectivity index (χ0v) is 8.58. The van der Waals surface area contributed by atoms with Crippen LogP contribution in [-0.4, -0.2) is 22.6 Å². The summed E-state index contributed by atoms with van der Waals surface area (Å²) in [7, 11) is 0. The van der Waals surface area contributed by atoms with Gasteiger partial charge in [0, 0.05) is 12.3 Å². The van der Waals surface area contributed by atoms with Crippen molar-refractivity contribution in [3.63, 3.8) is 0 Å². The van der Waals surface area contributed by atoms with Gasteiger partial charge in [0.15, 0.2) is 10.8 Å². The summed E-state index contributed by atoms with van der Waals surface area (Å²) in [5.74, 6) is -1.50. The molecule has 8 heteroatoms. The third kappa shape index (κ3) is 3.02. The Bertz CT molecular complexity index is 426. The molecular formula is C7H8N4O3S. The summed E-state index contributed by atoms with van der Waals surface area (Å²) in [6.45, 7) is 1.15. The second-order valence-corrected chi connectivity index (χ2v) is 3.35. The number of carbonyl (C=O) groups is 2. The van der Waals surface area contributed by atoms with E-state index in [-0.39, 0.29) is 16.5 Å². The first-order valence-corrected chi connectivity index (χ1v) is 4.65. The van der Waals surface area contributed by atoms with Crippen LogP contribution in [0.4, 0.5) is 5.13 Å². The number of primary amides is 1. The Kier molecular flexibility index (Phi) is 3.34. The lowest BCUT2D eigenvalue weighted by Gasteiger charge is -1.96. The van der Waals surface area contributed by atoms with Gasteiger partial charge >= 0.3 is 5.97 Å². The summed E-state index contributed by atoms with van der Waals surface area (Å²) in [4.78, 5) is 29.5. The molecule has 0 aliphatic carbocycles. The molecule has 0 spiro atoms. The highest BCUT2D eigenvalue weighted by Gasteiger charge is 2.15. The van der Waals surface area contributed by atoms with Gasteiger partial charge in [0.2, 0.25) is 0 Å². The van der Waals surface area contributed by atoms with Gasteiger partial charge in [-0.25, -0.2) is 9.78 Å². The molecule has 80 valence electrons. The number of aromatic nitrogens is 1. The number of hydrogen-bond donors (Lipinski definition) is 2. The van der Waals surface area contributed by atoms with Gasteiger partial charge in [0.1, 0.15) is 5.69 Å². The second kappa shape index (κ2) is 4.51. The van der Waals surface area contributed by atoms with Crippen molar-refractivity contribution in [3.05, 3.63) is 11.1 Å². The summed E-state index contributed by atoms with van der Waals surface area (Å²) < 4.78 is 0. The molecule has 0 bridgehead atoms. The summed E-state index contributed by atoms with van der Waals surface area (Å²) >= 11 is 1.12. The SMILES string of the molecule is CC(=O)ON=C(C(N)=O)c1csc(N)n1. The molecule has 1 heterocycles. The van der Waals surface area contributed by atoms with Crippen LogP contribution in [0.3, 0.4) is 0 Å². The average Bonchev–Trinajstić information content (AvgIpc) is 2.51. The molecule has 0 radical (unpaired) electrons. The van der Waals surface area contributed by atoms with Gasteiger partial charge in [0.05, 0.1) is 0 Å². The van der Waals surface area contributed by atoms with Gasteiger partial charge in [-0.3, -0.25) is 4.79 Å². The van der Waals surface area contributed by atoms with Gasteiger partial charge in [0.25, 0.3) is 5.91 Å². The third-order valence-corrected chi connectivity index (χ3v) is 1.94. The standard InChI is InChI=1S/C7H8N4O3S/c1-3(12)14-11-5(6(8)13)4-2-15-7(9)10-4/h2H,1H3,(H2,8,13)(H2,9,10). The Morgan fingerprint density at radius 3 is 2.67 bits per heavy atom. The molecule has 0 saturated carbocycles. The first kappa shape index (κ1) is 11.1. The van der Waals surface area contributed by atoms with Gasteiger partial charge in [-0.05, 0) is 0 Å². The fourth-order valence-electron chi connectivity index (χ4n) is 0.724. The lowest BCUT2D eigenvalue weighted by atomic mass is 10.3. The molecule has 0 fully saturated rings. The van der Waals surface area contributed by atoms with E-state index in [1.54, 1.807) is 0 Å². The van der Waals surface area contributed by atoms with Crippen LogP contribution in [0.1, 0.15) is 12.6 Å². The molecule has 1 aromatic heterocycles. The first-order chi connectivity index (χ1) is 7.00. The number of anilines is 1. The van der Waals surface area contributed by atoms with Crippen LogP contribution in [0.15, 0.2) is 10.5 Å². The number of rotatable bonds is 3. The number of thiazole rings is 1. The largest absolute Gasteiger partial charge is 0.375 e. The minimum absolute atomic E-state index is 0.186. The number of carbonyl (C=O) groups excluding carboxylic acids is 2. The van der Waals surface area contributed by atoms with E-state index in [2.05, 4.69) is 15.0 Å². The van der Waals surface area contributed by atoms with E-state index in [9.17, 15) is 9.59 Å². The minimum Gasteiger partial charge on any atom is -0.375 e. The third-order valence-electron chi connectivity index (χ3n) is 1.26. The smallest absolute Gasteiger partial charge is 0.332 e. The Balaban J connectivity index is 2.98. The van der Waals surface area contributed by atoms with Crippen molar-refractivity contribution in [2.45, 2.75) is 6.92 Å². The molecule has 0 aliphatic rings. The van der Waals surface area contributed by atoms with E-state index < -0.39 is 11.9 Å². The van der Waals surface area contributed by atoms with Crippen LogP contribution < -0.4 is 11.5 Å². The molecule has 7 nitrogen and oxygen atoms in total. The lowest BCUT2D eigenvalue weighted by Crippen LogP contribution is -2.25. The number of nitrogens with zero attached hydrogens (tertiary/aromatic N) is 2. The van der Waals surface area contributed by atoms with Gasteiger partial charge in [-0.15, -0.1) is 11.3 Å². The molecule has 0 aliphatic heterocycles. The topological polar surface area (TPSA) is 121 Å². The highest BCUT2D eigenvalue weighted by Crippen LogP contribution is 2.12. The molecule has 0 unspecified atom stereocenters. The number of amides is 1. The molecule has 1 amide bonds. The fraction of sp³-hybridized carbons (Fsp3) is 0.143. The van der Waals surface area contributed by atoms with Crippen molar-refractivity contribution in [2.75, 3.05) is 5.73 Å². The van der Waals surface area contributed by atoms with Gasteiger partial charge in [-0.1, -0.05) is 5.16 Å². The maximum atomic E-state index is 10.9. The molecule has 0 atom stereocenters. The van der Waals surface area contributed by atoms with E-state index in [0.717, 1.165) is 18.3 Å². The van der Waals surface area contributed by atoms with Gasteiger partial charge < -0.3 is 16.3 Å². The van der Waals surface area contributed by atoms with Crippen molar-refractivity contribution in [1.82, 2.24) is 4.98 Å². The Morgan fingerprint density at radius 1 is 1.60 bits per heavy atom. The maximum Gasteiger partial charge on any atom is 0.332 e. The van der Waals surface area contributed by atoms with Crippen LogP contribution in [-0.2, 0) is 14.4 Å². The molecule has 1 aromatic rings. The number of nitrogens with two attached hydrogens (primary N) is 2. The van der Waals surface area contributed by atoms with Crippen LogP contribution in [0.2, 0.25) is 0 Å². The number of nitrogen functional groups attached to an aromatic ring is 1. The fourth-order valence-corrected chi connectivity index (χ4v) is 1.27. The predicted octanol–water partition coefficient (Wildman–Crippen LogP) is -0.522. The van der Waals surface area contributed by atoms with Crippen LogP contribution in [0.5, 0.6) is 0 Å². The molecule has 0 saturated heterocycles. The zero-order chi connectivity index (χ0) is 11.4. The molecular weight excluding hydrogens is 220 g/mol. The second-order valence-electron chi connectivity index (χ2n) is 2.46. The summed E-state index contributed by atoms with van der Waals surface area (Å²) in [6.07, 6.45) is 0. The van der Waals surface area contributed by atoms with Crippen molar-refractivity contribution in [1.29, 1.82) is 0 Å². The Labute approximate surface area is 88.7 Å². The first-order valence-electron chi connectivity index (χ1n) is 3.77. The van der Waals surface area contributed by atoms with Crippen molar-refractivity contribution < 1.29 is 14.4 Å². The van der Waals surface area contributed by atoms with Crippen LogP contribution in [0, 0.1) is 0 Å². The predicted molar refractivity (Wildman–Crippen MR) is 54.0 cm³/mol. The maximum absolute atomic E-state index is 10.9. The Hall–Kier alpha value is -1.96. The average molecular weight is 228 g/mol. The van der Waals surface area contributed by atoms with Crippen molar-refractivity contribution in [3.8, 4) is 0 Å². The molecule has 1 rings (SSSR count).